The summed E-state index contributed by atoms with van der Waals surface area (Å²) < 4.78 is 2.61. The van der Waals surface area contributed by atoms with Gasteiger partial charge in [0.05, 0.1) is 16.1 Å². The van der Waals surface area contributed by atoms with Gasteiger partial charge in [0.15, 0.2) is 0 Å². The number of thiophene rings is 1. The summed E-state index contributed by atoms with van der Waals surface area (Å²) in [5.41, 5.74) is 5.98. The Kier molecular flexibility index (Phi) is 5.39. The second kappa shape index (κ2) is 9.37. The number of benzene rings is 7. The van der Waals surface area contributed by atoms with Crippen molar-refractivity contribution in [1.29, 1.82) is 0 Å². The van der Waals surface area contributed by atoms with Gasteiger partial charge in [-0.25, -0.2) is 0 Å². The van der Waals surface area contributed by atoms with E-state index < -0.39 is 0 Å². The summed E-state index contributed by atoms with van der Waals surface area (Å²) in [6.45, 7) is 0. The fourth-order valence-electron chi connectivity index (χ4n) is 6.01. The lowest BCUT2D eigenvalue weighted by molar-refractivity contribution is 1.32. The highest BCUT2D eigenvalue weighted by Crippen LogP contribution is 2.46. The maximum atomic E-state index is 2.45. The van der Waals surface area contributed by atoms with Gasteiger partial charge in [0.1, 0.15) is 0 Å². The lowest BCUT2D eigenvalue weighted by Crippen LogP contribution is -2.10. The van der Waals surface area contributed by atoms with Gasteiger partial charge in [0.25, 0.3) is 0 Å². The van der Waals surface area contributed by atoms with E-state index in [-0.39, 0.29) is 0 Å². The fraction of sp³-hybridized carbons (Fsp3) is 0. The fourth-order valence-corrected chi connectivity index (χ4v) is 7.22. The van der Waals surface area contributed by atoms with Gasteiger partial charge in [-0.3, -0.25) is 0 Å². The second-order valence-corrected chi connectivity index (χ2v) is 11.2. The number of anilines is 3. The van der Waals surface area contributed by atoms with Crippen molar-refractivity contribution in [3.8, 4) is 11.1 Å². The van der Waals surface area contributed by atoms with E-state index in [2.05, 4.69) is 157 Å². The molecule has 7 aromatic carbocycles. The lowest BCUT2D eigenvalue weighted by Gasteiger charge is -2.28. The van der Waals surface area contributed by atoms with Crippen LogP contribution in [0, 0.1) is 0 Å². The van der Waals surface area contributed by atoms with E-state index in [1.165, 1.54) is 64.2 Å². The van der Waals surface area contributed by atoms with Crippen LogP contribution >= 0.6 is 11.3 Å². The molecular weight excluding hydrogens is 502 g/mol. The summed E-state index contributed by atoms with van der Waals surface area (Å²) in [5, 5.41) is 7.61. The molecule has 0 saturated heterocycles. The molecule has 0 aliphatic heterocycles. The molecule has 0 radical (unpaired) electrons. The monoisotopic (exact) mass is 527 g/mol. The molecule has 0 spiro atoms. The average Bonchev–Trinajstić information content (AvgIpc) is 3.41. The van der Waals surface area contributed by atoms with Crippen molar-refractivity contribution in [2.75, 3.05) is 4.90 Å². The summed E-state index contributed by atoms with van der Waals surface area (Å²) in [4.78, 5) is 2.45. The van der Waals surface area contributed by atoms with Gasteiger partial charge in [0.2, 0.25) is 0 Å². The Bertz CT molecular complexity index is 2180. The van der Waals surface area contributed by atoms with Crippen LogP contribution in [0.4, 0.5) is 17.1 Å². The first-order valence-corrected chi connectivity index (χ1v) is 14.4. The molecule has 0 aliphatic rings. The third-order valence-electron chi connectivity index (χ3n) is 7.84. The molecule has 0 bridgehead atoms. The maximum Gasteiger partial charge on any atom is 0.0640 e. The molecule has 0 unspecified atom stereocenters. The van der Waals surface area contributed by atoms with Gasteiger partial charge in [-0.15, -0.1) is 11.3 Å². The molecule has 1 nitrogen and oxygen atoms in total. The van der Waals surface area contributed by atoms with E-state index >= 15 is 0 Å². The maximum absolute atomic E-state index is 2.45. The quantitative estimate of drug-likeness (QED) is 0.220. The molecule has 1 heterocycles. The van der Waals surface area contributed by atoms with Crippen LogP contribution < -0.4 is 4.90 Å². The number of hydrogen-bond donors (Lipinski definition) is 0. The number of hydrogen-bond acceptors (Lipinski definition) is 2. The second-order valence-electron chi connectivity index (χ2n) is 10.2. The number of fused-ring (bicyclic) bond motifs is 5. The molecule has 1 aromatic heterocycles. The minimum absolute atomic E-state index is 1.15. The minimum atomic E-state index is 1.15. The minimum Gasteiger partial charge on any atom is -0.308 e. The average molecular weight is 528 g/mol. The molecule has 0 saturated carbocycles. The molecular formula is C38H25NS. The molecule has 188 valence electrons. The third kappa shape index (κ3) is 3.69. The van der Waals surface area contributed by atoms with E-state index in [4.69, 9.17) is 0 Å². The predicted molar refractivity (Wildman–Crippen MR) is 174 cm³/mol. The first-order valence-electron chi connectivity index (χ1n) is 13.6. The summed E-state index contributed by atoms with van der Waals surface area (Å²) in [6, 6.07) is 55.0. The van der Waals surface area contributed by atoms with Gasteiger partial charge < -0.3 is 4.90 Å². The highest BCUT2D eigenvalue weighted by atomic mass is 32.1. The smallest absolute Gasteiger partial charge is 0.0640 e. The van der Waals surface area contributed by atoms with Crippen molar-refractivity contribution < 1.29 is 0 Å². The van der Waals surface area contributed by atoms with Crippen LogP contribution in [-0.4, -0.2) is 0 Å². The zero-order chi connectivity index (χ0) is 26.5. The van der Waals surface area contributed by atoms with Gasteiger partial charge >= 0.3 is 0 Å². The van der Waals surface area contributed by atoms with Crippen molar-refractivity contribution in [2.24, 2.45) is 0 Å². The molecule has 0 fully saturated rings. The zero-order valence-electron chi connectivity index (χ0n) is 21.8. The molecule has 0 atom stereocenters. The molecule has 0 amide bonds. The molecule has 0 aliphatic carbocycles. The highest BCUT2D eigenvalue weighted by Gasteiger charge is 2.20. The Balaban J connectivity index is 1.42. The molecule has 2 heteroatoms. The molecule has 0 N–H and O–H groups in total. The van der Waals surface area contributed by atoms with Crippen LogP contribution in [0.15, 0.2) is 152 Å². The summed E-state index contributed by atoms with van der Waals surface area (Å²) >= 11 is 1.87. The standard InChI is InChI=1S/C38H25NS/c1-3-17-30-26(11-1)13-8-20-31(30)28-15-7-16-29(25-28)39(35-22-9-14-27-12-2-4-18-32(27)35)36-23-10-21-34-33-19-5-6-24-37(33)40-38(34)36/h1-25H. The predicted octanol–water partition coefficient (Wildman–Crippen LogP) is 11.5. The van der Waals surface area contributed by atoms with E-state index in [9.17, 15) is 0 Å². The van der Waals surface area contributed by atoms with E-state index in [0.717, 1.165) is 5.69 Å². The van der Waals surface area contributed by atoms with Crippen molar-refractivity contribution >= 4 is 70.1 Å². The van der Waals surface area contributed by atoms with E-state index in [1.54, 1.807) is 0 Å². The number of rotatable bonds is 4. The molecule has 8 aromatic rings. The lowest BCUT2D eigenvalue weighted by atomic mass is 9.97. The van der Waals surface area contributed by atoms with Crippen molar-refractivity contribution in [3.63, 3.8) is 0 Å². The first-order chi connectivity index (χ1) is 19.8. The van der Waals surface area contributed by atoms with Crippen LogP contribution in [0.3, 0.4) is 0 Å². The highest BCUT2D eigenvalue weighted by molar-refractivity contribution is 7.26. The van der Waals surface area contributed by atoms with Gasteiger partial charge in [0, 0.05) is 26.5 Å². The van der Waals surface area contributed by atoms with Gasteiger partial charge in [-0.1, -0.05) is 121 Å². The van der Waals surface area contributed by atoms with Gasteiger partial charge in [-0.05, 0) is 57.6 Å². The Morgan fingerprint density at radius 1 is 0.425 bits per heavy atom. The largest absolute Gasteiger partial charge is 0.308 e. The van der Waals surface area contributed by atoms with E-state index in [1.807, 2.05) is 11.3 Å². The molecule has 40 heavy (non-hydrogen) atoms. The zero-order valence-corrected chi connectivity index (χ0v) is 22.6. The van der Waals surface area contributed by atoms with Crippen LogP contribution in [0.2, 0.25) is 0 Å². The Morgan fingerprint density at radius 2 is 1.02 bits per heavy atom. The Morgan fingerprint density at radius 3 is 1.90 bits per heavy atom. The van der Waals surface area contributed by atoms with E-state index in [0.29, 0.717) is 0 Å². The summed E-state index contributed by atoms with van der Waals surface area (Å²) in [6.07, 6.45) is 0. The van der Waals surface area contributed by atoms with Gasteiger partial charge in [-0.2, -0.15) is 0 Å². The summed E-state index contributed by atoms with van der Waals surface area (Å²) in [5.74, 6) is 0. The summed E-state index contributed by atoms with van der Waals surface area (Å²) in [7, 11) is 0. The number of nitrogens with zero attached hydrogens (tertiary/aromatic N) is 1. The third-order valence-corrected chi connectivity index (χ3v) is 9.05. The molecule has 8 rings (SSSR count). The van der Waals surface area contributed by atoms with Crippen molar-refractivity contribution in [3.05, 3.63) is 152 Å². The Hall–Kier alpha value is -4.92. The Labute approximate surface area is 237 Å². The van der Waals surface area contributed by atoms with Crippen LogP contribution in [-0.2, 0) is 0 Å². The van der Waals surface area contributed by atoms with Crippen molar-refractivity contribution in [2.45, 2.75) is 0 Å². The van der Waals surface area contributed by atoms with Crippen molar-refractivity contribution in [1.82, 2.24) is 0 Å². The SMILES string of the molecule is c1cc(-c2cccc3ccccc23)cc(N(c2cccc3ccccc23)c2cccc3c2sc2ccccc23)c1. The van der Waals surface area contributed by atoms with Crippen LogP contribution in [0.5, 0.6) is 0 Å². The normalized spacial score (nSPS) is 11.5. The van der Waals surface area contributed by atoms with Crippen LogP contribution in [0.25, 0.3) is 52.8 Å². The first kappa shape index (κ1) is 23.0. The topological polar surface area (TPSA) is 3.24 Å². The van der Waals surface area contributed by atoms with Crippen LogP contribution in [0.1, 0.15) is 0 Å².